The molecule has 0 spiro atoms. The van der Waals surface area contributed by atoms with Crippen LogP contribution in [0.1, 0.15) is 29.6 Å². The van der Waals surface area contributed by atoms with E-state index in [1.54, 1.807) is 7.11 Å². The lowest BCUT2D eigenvalue weighted by atomic mass is 10.2. The van der Waals surface area contributed by atoms with Crippen LogP contribution in [0.2, 0.25) is 0 Å². The topological polar surface area (TPSA) is 71.6 Å². The number of aryl methyl sites for hydroxylation is 1. The molecule has 0 aromatic carbocycles. The highest BCUT2D eigenvalue weighted by molar-refractivity contribution is 5.14. The van der Waals surface area contributed by atoms with Gasteiger partial charge in [0.1, 0.15) is 6.10 Å². The number of rotatable bonds is 8. The van der Waals surface area contributed by atoms with Gasteiger partial charge in [0, 0.05) is 52.6 Å². The fourth-order valence-corrected chi connectivity index (χ4v) is 3.39. The Morgan fingerprint density at radius 1 is 1.35 bits per heavy atom. The summed E-state index contributed by atoms with van der Waals surface area (Å²) in [6, 6.07) is 2.05. The number of nitrogens with zero attached hydrogens (tertiary/aromatic N) is 6. The van der Waals surface area contributed by atoms with Gasteiger partial charge in [0.05, 0.1) is 30.0 Å². The third-order valence-corrected chi connectivity index (χ3v) is 4.71. The first-order chi connectivity index (χ1) is 12.6. The predicted molar refractivity (Wildman–Crippen MR) is 98.6 cm³/mol. The zero-order valence-corrected chi connectivity index (χ0v) is 16.0. The number of methoxy groups -OCH3 is 1. The van der Waals surface area contributed by atoms with Gasteiger partial charge in [0.25, 0.3) is 0 Å². The molecule has 8 nitrogen and oxygen atoms in total. The number of hydrogen-bond acceptors (Lipinski definition) is 6. The van der Waals surface area contributed by atoms with Gasteiger partial charge in [-0.05, 0) is 26.6 Å². The van der Waals surface area contributed by atoms with Gasteiger partial charge in [0.15, 0.2) is 0 Å². The van der Waals surface area contributed by atoms with Gasteiger partial charge < -0.3 is 19.3 Å². The number of fused-ring (bicyclic) bond motifs is 1. The van der Waals surface area contributed by atoms with Crippen molar-refractivity contribution in [3.8, 4) is 0 Å². The summed E-state index contributed by atoms with van der Waals surface area (Å²) in [5, 5.41) is 15.0. The largest absolute Gasteiger partial charge is 0.385 e. The second-order valence-corrected chi connectivity index (χ2v) is 7.20. The first-order valence-corrected chi connectivity index (χ1v) is 9.16. The summed E-state index contributed by atoms with van der Waals surface area (Å²) in [7, 11) is 5.63. The molecule has 0 bridgehead atoms. The van der Waals surface area contributed by atoms with E-state index < -0.39 is 6.10 Å². The number of ether oxygens (including phenoxy) is 1. The van der Waals surface area contributed by atoms with Crippen molar-refractivity contribution in [2.45, 2.75) is 38.7 Å². The molecule has 0 aliphatic carbocycles. The van der Waals surface area contributed by atoms with Crippen molar-refractivity contribution in [1.82, 2.24) is 29.1 Å². The SMILES string of the molecule is COCCn1cncc1CN1CCCn2nc([C@@H](O)CN(C)C)cc2C1. The van der Waals surface area contributed by atoms with E-state index >= 15 is 0 Å². The highest BCUT2D eigenvalue weighted by atomic mass is 16.5. The molecule has 0 saturated carbocycles. The van der Waals surface area contributed by atoms with Gasteiger partial charge in [-0.3, -0.25) is 9.58 Å². The van der Waals surface area contributed by atoms with Crippen LogP contribution in [-0.4, -0.2) is 75.1 Å². The maximum atomic E-state index is 10.3. The third-order valence-electron chi connectivity index (χ3n) is 4.71. The van der Waals surface area contributed by atoms with Crippen molar-refractivity contribution in [3.05, 3.63) is 35.7 Å². The lowest BCUT2D eigenvalue weighted by Crippen LogP contribution is -2.24. The van der Waals surface area contributed by atoms with Crippen molar-refractivity contribution in [3.63, 3.8) is 0 Å². The average Bonchev–Trinajstić information content (AvgIpc) is 3.15. The van der Waals surface area contributed by atoms with Crippen molar-refractivity contribution >= 4 is 0 Å². The lowest BCUT2D eigenvalue weighted by molar-refractivity contribution is 0.133. The van der Waals surface area contributed by atoms with Crippen molar-refractivity contribution in [2.24, 2.45) is 0 Å². The molecule has 2 aromatic heterocycles. The summed E-state index contributed by atoms with van der Waals surface area (Å²) < 4.78 is 9.38. The Labute approximate surface area is 155 Å². The van der Waals surface area contributed by atoms with Gasteiger partial charge in [-0.25, -0.2) is 4.98 Å². The van der Waals surface area contributed by atoms with E-state index in [9.17, 15) is 5.11 Å². The van der Waals surface area contributed by atoms with Gasteiger partial charge in [0.2, 0.25) is 0 Å². The minimum Gasteiger partial charge on any atom is -0.385 e. The number of aliphatic hydroxyl groups excluding tert-OH is 1. The number of imidazole rings is 1. The van der Waals surface area contributed by atoms with E-state index in [2.05, 4.69) is 30.3 Å². The zero-order valence-electron chi connectivity index (χ0n) is 16.0. The molecular weight excluding hydrogens is 332 g/mol. The van der Waals surface area contributed by atoms with Gasteiger partial charge >= 0.3 is 0 Å². The molecule has 3 heterocycles. The first-order valence-electron chi connectivity index (χ1n) is 9.16. The molecule has 1 N–H and O–H groups in total. The number of likely N-dealkylation sites (N-methyl/N-ethyl adjacent to an activating group) is 1. The highest BCUT2D eigenvalue weighted by Gasteiger charge is 2.21. The van der Waals surface area contributed by atoms with Crippen LogP contribution < -0.4 is 0 Å². The molecule has 0 fully saturated rings. The second-order valence-electron chi connectivity index (χ2n) is 7.20. The molecule has 26 heavy (non-hydrogen) atoms. The summed E-state index contributed by atoms with van der Waals surface area (Å²) in [5.41, 5.74) is 3.13. The molecule has 0 unspecified atom stereocenters. The molecule has 144 valence electrons. The minimum atomic E-state index is -0.548. The molecule has 0 radical (unpaired) electrons. The van der Waals surface area contributed by atoms with Crippen LogP contribution in [-0.2, 0) is 30.9 Å². The van der Waals surface area contributed by atoms with Crippen LogP contribution in [0.25, 0.3) is 0 Å². The Hall–Kier alpha value is -1.74. The van der Waals surface area contributed by atoms with E-state index in [0.29, 0.717) is 13.2 Å². The van der Waals surface area contributed by atoms with Crippen LogP contribution >= 0.6 is 0 Å². The van der Waals surface area contributed by atoms with Gasteiger partial charge in [-0.2, -0.15) is 5.10 Å². The van der Waals surface area contributed by atoms with Crippen molar-refractivity contribution < 1.29 is 9.84 Å². The maximum absolute atomic E-state index is 10.3. The summed E-state index contributed by atoms with van der Waals surface area (Å²) in [6.07, 6.45) is 4.30. The Morgan fingerprint density at radius 2 is 2.19 bits per heavy atom. The second kappa shape index (κ2) is 8.77. The molecule has 0 amide bonds. The average molecular weight is 362 g/mol. The number of aromatic nitrogens is 4. The molecule has 8 heteroatoms. The maximum Gasteiger partial charge on any atom is 0.110 e. The van der Waals surface area contributed by atoms with Crippen LogP contribution in [0.15, 0.2) is 18.6 Å². The van der Waals surface area contributed by atoms with Crippen LogP contribution in [0, 0.1) is 0 Å². The molecule has 3 rings (SSSR count). The molecular formula is C18H30N6O2. The third kappa shape index (κ3) is 4.70. The Morgan fingerprint density at radius 3 is 2.96 bits per heavy atom. The summed E-state index contributed by atoms with van der Waals surface area (Å²) >= 11 is 0. The lowest BCUT2D eigenvalue weighted by Gasteiger charge is -2.20. The number of hydrogen-bond donors (Lipinski definition) is 1. The van der Waals surface area contributed by atoms with Gasteiger partial charge in [-0.15, -0.1) is 0 Å². The standard InChI is InChI=1S/C18H30N6O2/c1-21(2)13-18(25)17-9-15-11-22(5-4-6-24(15)20-17)12-16-10-19-14-23(16)7-8-26-3/h9-10,14,18,25H,4-8,11-13H2,1-3H3/t18-/m0/s1. The van der Waals surface area contributed by atoms with Crippen molar-refractivity contribution in [1.29, 1.82) is 0 Å². The molecule has 1 atom stereocenters. The number of aliphatic hydroxyl groups is 1. The molecule has 0 saturated heterocycles. The zero-order chi connectivity index (χ0) is 18.5. The van der Waals surface area contributed by atoms with Crippen LogP contribution in [0.5, 0.6) is 0 Å². The molecule has 2 aromatic rings. The van der Waals surface area contributed by atoms with Crippen molar-refractivity contribution in [2.75, 3.05) is 40.9 Å². The Kier molecular flexibility index (Phi) is 6.42. The highest BCUT2D eigenvalue weighted by Crippen LogP contribution is 2.20. The van der Waals surface area contributed by atoms with Crippen LogP contribution in [0.4, 0.5) is 0 Å². The smallest absolute Gasteiger partial charge is 0.110 e. The molecule has 1 aliphatic rings. The van der Waals surface area contributed by atoms with E-state index in [1.165, 1.54) is 11.4 Å². The van der Waals surface area contributed by atoms with E-state index in [-0.39, 0.29) is 0 Å². The van der Waals surface area contributed by atoms with Crippen LogP contribution in [0.3, 0.4) is 0 Å². The normalized spacial score (nSPS) is 16.7. The van der Waals surface area contributed by atoms with E-state index in [4.69, 9.17) is 4.74 Å². The minimum absolute atomic E-state index is 0.548. The fraction of sp³-hybridized carbons (Fsp3) is 0.667. The van der Waals surface area contributed by atoms with E-state index in [0.717, 1.165) is 44.8 Å². The quantitative estimate of drug-likeness (QED) is 0.746. The fourth-order valence-electron chi connectivity index (χ4n) is 3.39. The predicted octanol–water partition coefficient (Wildman–Crippen LogP) is 0.727. The summed E-state index contributed by atoms with van der Waals surface area (Å²) in [4.78, 5) is 8.68. The Balaban J connectivity index is 1.68. The summed E-state index contributed by atoms with van der Waals surface area (Å²) in [6.45, 7) is 5.68. The Bertz CT molecular complexity index is 696. The first kappa shape index (κ1) is 19.0. The monoisotopic (exact) mass is 362 g/mol. The molecule has 1 aliphatic heterocycles. The summed E-state index contributed by atoms with van der Waals surface area (Å²) in [5.74, 6) is 0. The van der Waals surface area contributed by atoms with Gasteiger partial charge in [-0.1, -0.05) is 0 Å². The van der Waals surface area contributed by atoms with E-state index in [1.807, 2.05) is 31.5 Å².